The SMILES string of the molecule is COc1cccc(C(=O)N(CC(=O)NCC(=O)Nc2cccc(C)c2)Cc2ccccc2)c1. The van der Waals surface area contributed by atoms with Crippen molar-refractivity contribution in [3.8, 4) is 5.75 Å². The molecule has 3 rings (SSSR count). The number of ether oxygens (including phenoxy) is 1. The molecule has 33 heavy (non-hydrogen) atoms. The summed E-state index contributed by atoms with van der Waals surface area (Å²) in [7, 11) is 1.53. The van der Waals surface area contributed by atoms with E-state index in [1.807, 2.05) is 55.5 Å². The van der Waals surface area contributed by atoms with E-state index < -0.39 is 5.91 Å². The van der Waals surface area contributed by atoms with E-state index in [2.05, 4.69) is 10.6 Å². The average molecular weight is 446 g/mol. The largest absolute Gasteiger partial charge is 0.497 e. The third kappa shape index (κ3) is 7.21. The number of hydrogen-bond donors (Lipinski definition) is 2. The summed E-state index contributed by atoms with van der Waals surface area (Å²) in [6, 6.07) is 23.6. The van der Waals surface area contributed by atoms with Crippen LogP contribution in [0.25, 0.3) is 0 Å². The highest BCUT2D eigenvalue weighted by atomic mass is 16.5. The maximum atomic E-state index is 13.2. The van der Waals surface area contributed by atoms with Gasteiger partial charge in [0.2, 0.25) is 11.8 Å². The number of methoxy groups -OCH3 is 1. The van der Waals surface area contributed by atoms with Gasteiger partial charge in [0, 0.05) is 17.8 Å². The van der Waals surface area contributed by atoms with Crippen molar-refractivity contribution in [1.29, 1.82) is 0 Å². The van der Waals surface area contributed by atoms with Gasteiger partial charge in [-0.05, 0) is 48.4 Å². The van der Waals surface area contributed by atoms with E-state index >= 15 is 0 Å². The highest BCUT2D eigenvalue weighted by Crippen LogP contribution is 2.16. The predicted molar refractivity (Wildman–Crippen MR) is 127 cm³/mol. The van der Waals surface area contributed by atoms with Gasteiger partial charge in [-0.1, -0.05) is 48.5 Å². The molecule has 7 heteroatoms. The first-order chi connectivity index (χ1) is 15.9. The van der Waals surface area contributed by atoms with Gasteiger partial charge in [0.25, 0.3) is 5.91 Å². The van der Waals surface area contributed by atoms with E-state index in [4.69, 9.17) is 4.74 Å². The van der Waals surface area contributed by atoms with Crippen LogP contribution >= 0.6 is 0 Å². The van der Waals surface area contributed by atoms with Crippen molar-refractivity contribution in [2.75, 3.05) is 25.5 Å². The topological polar surface area (TPSA) is 87.7 Å². The molecule has 0 aliphatic rings. The van der Waals surface area contributed by atoms with Crippen molar-refractivity contribution in [2.45, 2.75) is 13.5 Å². The lowest BCUT2D eigenvalue weighted by atomic mass is 10.1. The normalized spacial score (nSPS) is 10.2. The number of benzene rings is 3. The molecule has 7 nitrogen and oxygen atoms in total. The first kappa shape index (κ1) is 23.5. The molecular weight excluding hydrogens is 418 g/mol. The highest BCUT2D eigenvalue weighted by Gasteiger charge is 2.20. The Morgan fingerprint density at radius 2 is 1.64 bits per heavy atom. The zero-order valence-corrected chi connectivity index (χ0v) is 18.7. The van der Waals surface area contributed by atoms with E-state index in [1.54, 1.807) is 30.3 Å². The van der Waals surface area contributed by atoms with E-state index in [0.29, 0.717) is 17.0 Å². The van der Waals surface area contributed by atoms with E-state index in [1.165, 1.54) is 12.0 Å². The van der Waals surface area contributed by atoms with Crippen molar-refractivity contribution in [2.24, 2.45) is 0 Å². The maximum absolute atomic E-state index is 13.2. The zero-order valence-electron chi connectivity index (χ0n) is 18.7. The Labute approximate surface area is 193 Å². The molecule has 0 saturated heterocycles. The van der Waals surface area contributed by atoms with Gasteiger partial charge in [-0.25, -0.2) is 0 Å². The third-order valence-corrected chi connectivity index (χ3v) is 4.90. The molecule has 0 aliphatic carbocycles. The van der Waals surface area contributed by atoms with Crippen molar-refractivity contribution in [3.63, 3.8) is 0 Å². The number of carbonyl (C=O) groups excluding carboxylic acids is 3. The van der Waals surface area contributed by atoms with Gasteiger partial charge in [0.15, 0.2) is 0 Å². The number of nitrogens with one attached hydrogen (secondary N) is 2. The minimum atomic E-state index is -0.429. The van der Waals surface area contributed by atoms with Crippen molar-refractivity contribution < 1.29 is 19.1 Å². The van der Waals surface area contributed by atoms with E-state index in [-0.39, 0.29) is 31.4 Å². The molecule has 0 bridgehead atoms. The number of amides is 3. The summed E-state index contributed by atoms with van der Waals surface area (Å²) in [5.74, 6) is -0.529. The van der Waals surface area contributed by atoms with Crippen molar-refractivity contribution >= 4 is 23.4 Å². The Bertz CT molecular complexity index is 1120. The summed E-state index contributed by atoms with van der Waals surface area (Å²) in [6.07, 6.45) is 0. The number of rotatable bonds is 9. The Morgan fingerprint density at radius 1 is 0.879 bits per heavy atom. The van der Waals surface area contributed by atoms with Gasteiger partial charge in [0.05, 0.1) is 13.7 Å². The minimum absolute atomic E-state index is 0.192. The van der Waals surface area contributed by atoms with Crippen LogP contribution in [0.15, 0.2) is 78.9 Å². The van der Waals surface area contributed by atoms with Gasteiger partial charge in [0.1, 0.15) is 12.3 Å². The van der Waals surface area contributed by atoms with Gasteiger partial charge in [-0.2, -0.15) is 0 Å². The lowest BCUT2D eigenvalue weighted by Gasteiger charge is -2.23. The molecule has 170 valence electrons. The second-order valence-electron chi connectivity index (χ2n) is 7.57. The van der Waals surface area contributed by atoms with Crippen LogP contribution in [0.1, 0.15) is 21.5 Å². The summed E-state index contributed by atoms with van der Waals surface area (Å²) >= 11 is 0. The molecule has 0 unspecified atom stereocenters. The van der Waals surface area contributed by atoms with Crippen molar-refractivity contribution in [1.82, 2.24) is 10.2 Å². The highest BCUT2D eigenvalue weighted by molar-refractivity contribution is 5.98. The van der Waals surface area contributed by atoms with Crippen LogP contribution < -0.4 is 15.4 Å². The monoisotopic (exact) mass is 445 g/mol. The lowest BCUT2D eigenvalue weighted by Crippen LogP contribution is -2.42. The minimum Gasteiger partial charge on any atom is -0.497 e. The molecule has 3 amide bonds. The van der Waals surface area contributed by atoms with Crippen LogP contribution in [0, 0.1) is 6.92 Å². The van der Waals surface area contributed by atoms with E-state index in [0.717, 1.165) is 11.1 Å². The van der Waals surface area contributed by atoms with Gasteiger partial charge in [-0.3, -0.25) is 14.4 Å². The number of anilines is 1. The maximum Gasteiger partial charge on any atom is 0.254 e. The fourth-order valence-corrected chi connectivity index (χ4v) is 3.28. The molecule has 0 radical (unpaired) electrons. The van der Waals surface area contributed by atoms with Gasteiger partial charge in [-0.15, -0.1) is 0 Å². The molecule has 3 aromatic rings. The molecule has 0 heterocycles. The number of nitrogens with zero attached hydrogens (tertiary/aromatic N) is 1. The first-order valence-electron chi connectivity index (χ1n) is 10.5. The molecular formula is C26H27N3O4. The van der Waals surface area contributed by atoms with Crippen molar-refractivity contribution in [3.05, 3.63) is 95.6 Å². The van der Waals surface area contributed by atoms with Crippen LogP contribution in [0.5, 0.6) is 5.75 Å². The third-order valence-electron chi connectivity index (χ3n) is 4.90. The van der Waals surface area contributed by atoms with Gasteiger partial charge >= 0.3 is 0 Å². The standard InChI is InChI=1S/C26H27N3O4/c1-19-8-6-12-22(14-19)28-24(30)16-27-25(31)18-29(17-20-9-4-3-5-10-20)26(32)21-11-7-13-23(15-21)33-2/h3-15H,16-18H2,1-2H3,(H,27,31)(H,28,30). The molecule has 0 spiro atoms. The number of aryl methyl sites for hydroxylation is 1. The quantitative estimate of drug-likeness (QED) is 0.529. The summed E-state index contributed by atoms with van der Waals surface area (Å²) in [5, 5.41) is 5.34. The fraction of sp³-hybridized carbons (Fsp3) is 0.192. The average Bonchev–Trinajstić information content (AvgIpc) is 2.82. The molecule has 0 aromatic heterocycles. The zero-order chi connectivity index (χ0) is 23.6. The molecule has 2 N–H and O–H groups in total. The van der Waals surface area contributed by atoms with Crippen LogP contribution in [-0.4, -0.2) is 42.8 Å². The first-order valence-corrected chi connectivity index (χ1v) is 10.5. The summed E-state index contributed by atoms with van der Waals surface area (Å²) in [5.41, 5.74) is 2.98. The second kappa shape index (κ2) is 11.5. The smallest absolute Gasteiger partial charge is 0.254 e. The second-order valence-corrected chi connectivity index (χ2v) is 7.57. The van der Waals surface area contributed by atoms with Crippen LogP contribution in [0.3, 0.4) is 0 Å². The Kier molecular flexibility index (Phi) is 8.18. The Balaban J connectivity index is 1.65. The molecule has 0 fully saturated rings. The molecule has 0 saturated carbocycles. The summed E-state index contributed by atoms with van der Waals surface area (Å²) < 4.78 is 5.21. The van der Waals surface area contributed by atoms with Gasteiger partial charge < -0.3 is 20.3 Å². The molecule has 3 aromatic carbocycles. The molecule has 0 atom stereocenters. The Morgan fingerprint density at radius 3 is 2.36 bits per heavy atom. The lowest BCUT2D eigenvalue weighted by molar-refractivity contribution is -0.124. The Hall–Kier alpha value is -4.13. The van der Waals surface area contributed by atoms with E-state index in [9.17, 15) is 14.4 Å². The molecule has 0 aliphatic heterocycles. The number of hydrogen-bond acceptors (Lipinski definition) is 4. The summed E-state index contributed by atoms with van der Waals surface area (Å²) in [6.45, 7) is 1.79. The fourth-order valence-electron chi connectivity index (χ4n) is 3.28. The summed E-state index contributed by atoms with van der Waals surface area (Å²) in [4.78, 5) is 39.4. The predicted octanol–water partition coefficient (Wildman–Crippen LogP) is 3.40. The van der Waals surface area contributed by atoms with Crippen LogP contribution in [0.2, 0.25) is 0 Å². The van der Waals surface area contributed by atoms with Crippen LogP contribution in [-0.2, 0) is 16.1 Å². The number of carbonyl (C=O) groups is 3. The van der Waals surface area contributed by atoms with Crippen LogP contribution in [0.4, 0.5) is 5.69 Å².